The van der Waals surface area contributed by atoms with Crippen molar-refractivity contribution >= 4 is 29.6 Å². The van der Waals surface area contributed by atoms with Crippen LogP contribution in [0.25, 0.3) is 0 Å². The van der Waals surface area contributed by atoms with Gasteiger partial charge >= 0.3 is 6.03 Å². The first-order valence-electron chi connectivity index (χ1n) is 12.1. The summed E-state index contributed by atoms with van der Waals surface area (Å²) in [4.78, 5) is 40.2. The van der Waals surface area contributed by atoms with E-state index in [0.29, 0.717) is 24.5 Å². The Kier molecular flexibility index (Phi) is 7.75. The first-order valence-corrected chi connectivity index (χ1v) is 13.1. The van der Waals surface area contributed by atoms with E-state index in [1.165, 1.54) is 11.8 Å². The third-order valence-corrected chi connectivity index (χ3v) is 7.64. The van der Waals surface area contributed by atoms with E-state index in [1.54, 1.807) is 0 Å². The molecule has 1 aliphatic carbocycles. The Balaban J connectivity index is 1.46. The topological polar surface area (TPSA) is 112 Å². The molecular weight excluding hydrogens is 466 g/mol. The van der Waals surface area contributed by atoms with Crippen molar-refractivity contribution in [2.75, 3.05) is 19.8 Å². The quantitative estimate of drug-likeness (QED) is 0.403. The van der Waals surface area contributed by atoms with Crippen LogP contribution in [0.15, 0.2) is 35.5 Å². The van der Waals surface area contributed by atoms with Gasteiger partial charge in [-0.15, -0.1) is 10.2 Å². The predicted molar refractivity (Wildman–Crippen MR) is 132 cm³/mol. The van der Waals surface area contributed by atoms with Crippen molar-refractivity contribution in [2.45, 2.75) is 68.7 Å². The van der Waals surface area contributed by atoms with Crippen LogP contribution < -0.4 is 10.7 Å². The van der Waals surface area contributed by atoms with E-state index in [9.17, 15) is 14.4 Å². The zero-order chi connectivity index (χ0) is 25.0. The maximum absolute atomic E-state index is 12.9. The van der Waals surface area contributed by atoms with Crippen LogP contribution in [0.1, 0.15) is 62.9 Å². The molecular formula is C24H33N7O3S. The van der Waals surface area contributed by atoms with Gasteiger partial charge in [-0.3, -0.25) is 19.9 Å². The number of thioether (sulfide) groups is 1. The number of rotatable bonds is 9. The molecule has 4 amide bonds. The molecule has 1 saturated carbocycles. The molecule has 1 atom stereocenters. The van der Waals surface area contributed by atoms with E-state index in [-0.39, 0.29) is 17.7 Å². The lowest BCUT2D eigenvalue weighted by molar-refractivity contribution is -0.139. The number of imide groups is 1. The van der Waals surface area contributed by atoms with Gasteiger partial charge in [0.05, 0.1) is 18.3 Å². The van der Waals surface area contributed by atoms with Crippen molar-refractivity contribution < 1.29 is 14.4 Å². The SMILES string of the molecule is CCC(c1nnc(SCC(=O)NN2C(=O)NC3(CCCCC3)C2=O)n1Cc1ccccc1)N(C)C. The summed E-state index contributed by atoms with van der Waals surface area (Å²) < 4.78 is 2.03. The van der Waals surface area contributed by atoms with Crippen molar-refractivity contribution in [3.05, 3.63) is 41.7 Å². The largest absolute Gasteiger partial charge is 0.344 e. The minimum Gasteiger partial charge on any atom is -0.322 e. The molecule has 0 bridgehead atoms. The summed E-state index contributed by atoms with van der Waals surface area (Å²) in [6.45, 7) is 2.68. The predicted octanol–water partition coefficient (Wildman–Crippen LogP) is 2.72. The number of carbonyl (C=O) groups is 3. The summed E-state index contributed by atoms with van der Waals surface area (Å²) in [5, 5.41) is 13.1. The van der Waals surface area contributed by atoms with E-state index in [1.807, 2.05) is 49.0 Å². The summed E-state index contributed by atoms with van der Waals surface area (Å²) in [5.41, 5.74) is 2.72. The standard InChI is InChI=1S/C24H33N7O3S/c1-4-18(29(2)3)20-26-27-23(30(20)15-17-11-7-5-8-12-17)35-16-19(32)28-31-21(33)24(25-22(31)34)13-9-6-10-14-24/h5,7-8,11-12,18H,4,6,9-10,13-16H2,1-3H3,(H,25,34)(H,28,32). The van der Waals surface area contributed by atoms with Gasteiger partial charge in [0.2, 0.25) is 5.91 Å². The lowest BCUT2D eigenvalue weighted by atomic mass is 9.82. The van der Waals surface area contributed by atoms with E-state index >= 15 is 0 Å². The fourth-order valence-electron chi connectivity index (χ4n) is 4.85. The van der Waals surface area contributed by atoms with Crippen LogP contribution in [-0.2, 0) is 16.1 Å². The zero-order valence-electron chi connectivity index (χ0n) is 20.5. The van der Waals surface area contributed by atoms with E-state index in [4.69, 9.17) is 0 Å². The van der Waals surface area contributed by atoms with Crippen molar-refractivity contribution in [3.63, 3.8) is 0 Å². The van der Waals surface area contributed by atoms with Crippen molar-refractivity contribution in [1.29, 1.82) is 0 Å². The van der Waals surface area contributed by atoms with Crippen LogP contribution in [0, 0.1) is 0 Å². The number of hydrazine groups is 1. The number of aromatic nitrogens is 3. The molecule has 1 spiro atoms. The van der Waals surface area contributed by atoms with Crippen LogP contribution in [0.3, 0.4) is 0 Å². The fourth-order valence-corrected chi connectivity index (χ4v) is 5.59. The smallest absolute Gasteiger partial charge is 0.322 e. The van der Waals surface area contributed by atoms with Gasteiger partial charge in [-0.1, -0.05) is 68.3 Å². The first-order chi connectivity index (χ1) is 16.8. The highest BCUT2D eigenvalue weighted by Crippen LogP contribution is 2.33. The first kappa shape index (κ1) is 25.2. The van der Waals surface area contributed by atoms with Crippen molar-refractivity contribution in [3.8, 4) is 0 Å². The highest BCUT2D eigenvalue weighted by atomic mass is 32.2. The van der Waals surface area contributed by atoms with Gasteiger partial charge in [-0.25, -0.2) is 4.79 Å². The normalized spacial score (nSPS) is 18.2. The number of nitrogens with one attached hydrogen (secondary N) is 2. The second-order valence-electron chi connectivity index (χ2n) is 9.34. The summed E-state index contributed by atoms with van der Waals surface area (Å²) in [7, 11) is 4.01. The minimum absolute atomic E-state index is 0.00423. The molecule has 2 fully saturated rings. The molecule has 1 saturated heterocycles. The average molecular weight is 500 g/mol. The molecule has 10 nitrogen and oxygen atoms in total. The second kappa shape index (κ2) is 10.8. The maximum atomic E-state index is 12.9. The Hall–Kier alpha value is -2.92. The molecule has 188 valence electrons. The molecule has 2 N–H and O–H groups in total. The molecule has 11 heteroatoms. The highest BCUT2D eigenvalue weighted by Gasteiger charge is 2.52. The molecule has 1 aromatic carbocycles. The lowest BCUT2D eigenvalue weighted by Crippen LogP contribution is -2.51. The Labute approximate surface area is 209 Å². The summed E-state index contributed by atoms with van der Waals surface area (Å²) in [6.07, 6.45) is 4.89. The van der Waals surface area contributed by atoms with Crippen LogP contribution >= 0.6 is 11.8 Å². The molecule has 2 heterocycles. The third-order valence-electron chi connectivity index (χ3n) is 6.67. The number of nitrogens with zero attached hydrogens (tertiary/aromatic N) is 5. The van der Waals surface area contributed by atoms with Gasteiger partial charge in [0.25, 0.3) is 5.91 Å². The summed E-state index contributed by atoms with van der Waals surface area (Å²) >= 11 is 1.24. The van der Waals surface area contributed by atoms with Gasteiger partial charge < -0.3 is 9.88 Å². The van der Waals surface area contributed by atoms with Crippen molar-refractivity contribution in [1.82, 2.24) is 35.4 Å². The number of urea groups is 1. The number of carbonyl (C=O) groups excluding carboxylic acids is 3. The third kappa shape index (κ3) is 5.35. The highest BCUT2D eigenvalue weighted by molar-refractivity contribution is 7.99. The van der Waals surface area contributed by atoms with E-state index in [2.05, 4.69) is 32.8 Å². The molecule has 0 radical (unpaired) electrons. The monoisotopic (exact) mass is 499 g/mol. The van der Waals surface area contributed by atoms with Crippen LogP contribution in [0.5, 0.6) is 0 Å². The number of hydrogen-bond donors (Lipinski definition) is 2. The van der Waals surface area contributed by atoms with Gasteiger partial charge in [0.15, 0.2) is 11.0 Å². The molecule has 1 unspecified atom stereocenters. The Morgan fingerprint density at radius 2 is 1.89 bits per heavy atom. The number of hydrogen-bond acceptors (Lipinski definition) is 7. The fraction of sp³-hybridized carbons (Fsp3) is 0.542. The Morgan fingerprint density at radius 3 is 2.54 bits per heavy atom. The lowest BCUT2D eigenvalue weighted by Gasteiger charge is -2.30. The minimum atomic E-state index is -0.873. The van der Waals surface area contributed by atoms with Crippen LogP contribution in [0.4, 0.5) is 4.79 Å². The van der Waals surface area contributed by atoms with Gasteiger partial charge in [-0.2, -0.15) is 5.01 Å². The molecule has 35 heavy (non-hydrogen) atoms. The number of amides is 4. The Bertz CT molecular complexity index is 1070. The van der Waals surface area contributed by atoms with Gasteiger partial charge in [0, 0.05) is 0 Å². The zero-order valence-corrected chi connectivity index (χ0v) is 21.3. The van der Waals surface area contributed by atoms with Gasteiger partial charge in [-0.05, 0) is 38.9 Å². The molecule has 2 aromatic rings. The van der Waals surface area contributed by atoms with Crippen molar-refractivity contribution in [2.24, 2.45) is 0 Å². The van der Waals surface area contributed by atoms with E-state index < -0.39 is 17.5 Å². The van der Waals surface area contributed by atoms with Crippen LogP contribution in [0.2, 0.25) is 0 Å². The second-order valence-corrected chi connectivity index (χ2v) is 10.3. The molecule has 2 aliphatic rings. The molecule has 1 aliphatic heterocycles. The summed E-state index contributed by atoms with van der Waals surface area (Å²) in [5.74, 6) is 0.0155. The van der Waals surface area contributed by atoms with Crippen LogP contribution in [-0.4, -0.2) is 67.9 Å². The van der Waals surface area contributed by atoms with Gasteiger partial charge in [0.1, 0.15) is 5.54 Å². The Morgan fingerprint density at radius 1 is 1.17 bits per heavy atom. The summed E-state index contributed by atoms with van der Waals surface area (Å²) in [6, 6.07) is 9.53. The molecule has 4 rings (SSSR count). The molecule has 1 aromatic heterocycles. The maximum Gasteiger partial charge on any atom is 0.344 e. The number of benzene rings is 1. The van der Waals surface area contributed by atoms with E-state index in [0.717, 1.165) is 42.1 Å². The average Bonchev–Trinajstić information content (AvgIpc) is 3.33.